The van der Waals surface area contributed by atoms with E-state index in [9.17, 15) is 10.0 Å². The molecule has 1 aliphatic carbocycles. The lowest BCUT2D eigenvalue weighted by Gasteiger charge is -2.31. The molecule has 3 atom stereocenters. The molecule has 3 rings (SSSR count). The predicted octanol–water partition coefficient (Wildman–Crippen LogP) is 4.36. The summed E-state index contributed by atoms with van der Waals surface area (Å²) in [6.45, 7) is 8.28. The highest BCUT2D eigenvalue weighted by molar-refractivity contribution is 6.06. The van der Waals surface area contributed by atoms with Crippen LogP contribution >= 0.6 is 0 Å². The van der Waals surface area contributed by atoms with Gasteiger partial charge in [0.25, 0.3) is 0 Å². The molecular formula is C23H29NO5. The summed E-state index contributed by atoms with van der Waals surface area (Å²) in [4.78, 5) is 12.4. The van der Waals surface area contributed by atoms with E-state index in [1.54, 1.807) is 20.3 Å². The second kappa shape index (κ2) is 8.43. The van der Waals surface area contributed by atoms with Crippen molar-refractivity contribution in [1.29, 1.82) is 0 Å². The van der Waals surface area contributed by atoms with Gasteiger partial charge in [-0.05, 0) is 36.6 Å². The molecule has 1 aliphatic heterocycles. The average molecular weight is 399 g/mol. The molecule has 2 aliphatic rings. The maximum absolute atomic E-state index is 12.4. The summed E-state index contributed by atoms with van der Waals surface area (Å²) in [6.07, 6.45) is 6.08. The number of benzene rings is 1. The highest BCUT2D eigenvalue weighted by Crippen LogP contribution is 2.52. The maximum Gasteiger partial charge on any atom is 0.185 e. The Balaban J connectivity index is 1.98. The largest absolute Gasteiger partial charge is 0.494 e. The fraction of sp³-hybridized carbons (Fsp3) is 0.435. The van der Waals surface area contributed by atoms with Crippen LogP contribution in [-0.2, 0) is 14.3 Å². The van der Waals surface area contributed by atoms with Gasteiger partial charge in [0, 0.05) is 31.2 Å². The van der Waals surface area contributed by atoms with Gasteiger partial charge in [0.15, 0.2) is 5.78 Å². The Morgan fingerprint density at radius 1 is 1.38 bits per heavy atom. The molecule has 6 nitrogen and oxygen atoms in total. The van der Waals surface area contributed by atoms with Crippen LogP contribution in [0.5, 0.6) is 5.75 Å². The van der Waals surface area contributed by atoms with Crippen molar-refractivity contribution in [2.24, 2.45) is 5.92 Å². The van der Waals surface area contributed by atoms with Gasteiger partial charge < -0.3 is 14.2 Å². The minimum atomic E-state index is -0.798. The van der Waals surface area contributed by atoms with Gasteiger partial charge in [-0.1, -0.05) is 26.0 Å². The third-order valence-corrected chi connectivity index (χ3v) is 5.68. The summed E-state index contributed by atoms with van der Waals surface area (Å²) < 4.78 is 17.6. The number of hydrogen-bond donors (Lipinski definition) is 1. The molecule has 0 saturated carbocycles. The quantitative estimate of drug-likeness (QED) is 0.517. The van der Waals surface area contributed by atoms with Gasteiger partial charge in [-0.3, -0.25) is 15.1 Å². The van der Waals surface area contributed by atoms with Gasteiger partial charge in [0.1, 0.15) is 28.9 Å². The number of nitrogens with zero attached hydrogens (tertiary/aromatic N) is 1. The smallest absolute Gasteiger partial charge is 0.185 e. The van der Waals surface area contributed by atoms with Crippen molar-refractivity contribution >= 4 is 11.5 Å². The first-order valence-corrected chi connectivity index (χ1v) is 9.87. The number of carbonyl (C=O) groups excluding carboxylic acids is 1. The van der Waals surface area contributed by atoms with E-state index in [0.29, 0.717) is 35.7 Å². The van der Waals surface area contributed by atoms with Crippen molar-refractivity contribution in [3.05, 3.63) is 59.9 Å². The lowest BCUT2D eigenvalue weighted by molar-refractivity contribution is -0.112. The predicted molar refractivity (Wildman–Crippen MR) is 111 cm³/mol. The minimum absolute atomic E-state index is 0.0798. The second-order valence-corrected chi connectivity index (χ2v) is 7.41. The lowest BCUT2D eigenvalue weighted by Crippen LogP contribution is -2.38. The van der Waals surface area contributed by atoms with Crippen LogP contribution in [-0.4, -0.2) is 37.4 Å². The Morgan fingerprint density at radius 2 is 2.14 bits per heavy atom. The molecule has 0 amide bonds. The first-order valence-electron chi connectivity index (χ1n) is 9.87. The SMILES string of the molecule is C=CCC1=CC2(OC)C(=CC1=O)OC(c1ccc(N(O)CCC)c(OC)c1)C2C. The van der Waals surface area contributed by atoms with Crippen molar-refractivity contribution in [1.82, 2.24) is 0 Å². The summed E-state index contributed by atoms with van der Waals surface area (Å²) in [5.74, 6) is 0.920. The first kappa shape index (κ1) is 21.1. The Bertz CT molecular complexity index is 859. The molecule has 156 valence electrons. The van der Waals surface area contributed by atoms with Crippen LogP contribution in [0, 0.1) is 5.92 Å². The number of anilines is 1. The van der Waals surface area contributed by atoms with E-state index in [2.05, 4.69) is 6.58 Å². The van der Waals surface area contributed by atoms with Crippen LogP contribution in [0.3, 0.4) is 0 Å². The van der Waals surface area contributed by atoms with E-state index in [0.717, 1.165) is 12.0 Å². The molecule has 1 aromatic rings. The minimum Gasteiger partial charge on any atom is -0.494 e. The van der Waals surface area contributed by atoms with Crippen LogP contribution in [0.1, 0.15) is 38.4 Å². The zero-order valence-corrected chi connectivity index (χ0v) is 17.5. The Kier molecular flexibility index (Phi) is 6.15. The third kappa shape index (κ3) is 3.58. The summed E-state index contributed by atoms with van der Waals surface area (Å²) in [5, 5.41) is 11.4. The topological polar surface area (TPSA) is 68.2 Å². The fourth-order valence-electron chi connectivity index (χ4n) is 4.11. The van der Waals surface area contributed by atoms with Crippen LogP contribution < -0.4 is 9.80 Å². The number of fused-ring (bicyclic) bond motifs is 1. The zero-order valence-electron chi connectivity index (χ0n) is 17.5. The first-order chi connectivity index (χ1) is 13.9. The van der Waals surface area contributed by atoms with Crippen LogP contribution in [0.4, 0.5) is 5.69 Å². The Labute approximate surface area is 172 Å². The molecule has 1 saturated heterocycles. The zero-order chi connectivity index (χ0) is 21.2. The maximum atomic E-state index is 12.4. The lowest BCUT2D eigenvalue weighted by atomic mass is 9.78. The number of hydrogen-bond acceptors (Lipinski definition) is 6. The van der Waals surface area contributed by atoms with Gasteiger partial charge in [-0.25, -0.2) is 0 Å². The number of carbonyl (C=O) groups is 1. The van der Waals surface area contributed by atoms with Crippen LogP contribution in [0.15, 0.2) is 54.3 Å². The molecule has 1 aromatic carbocycles. The van der Waals surface area contributed by atoms with Gasteiger partial charge >= 0.3 is 0 Å². The van der Waals surface area contributed by atoms with Gasteiger partial charge in [0.2, 0.25) is 0 Å². The number of rotatable bonds is 8. The molecule has 1 N–H and O–H groups in total. The molecule has 0 radical (unpaired) electrons. The van der Waals surface area contributed by atoms with E-state index in [1.165, 1.54) is 11.1 Å². The molecule has 6 heteroatoms. The van der Waals surface area contributed by atoms with E-state index >= 15 is 0 Å². The molecule has 3 unspecified atom stereocenters. The van der Waals surface area contributed by atoms with E-state index < -0.39 is 5.60 Å². The number of allylic oxidation sites excluding steroid dienone is 3. The van der Waals surface area contributed by atoms with Gasteiger partial charge in [-0.15, -0.1) is 6.58 Å². The van der Waals surface area contributed by atoms with E-state index in [1.807, 2.05) is 38.1 Å². The van der Waals surface area contributed by atoms with E-state index in [4.69, 9.17) is 14.2 Å². The van der Waals surface area contributed by atoms with Crippen molar-refractivity contribution in [2.45, 2.75) is 38.4 Å². The number of hydroxylamine groups is 1. The van der Waals surface area contributed by atoms with Crippen molar-refractivity contribution in [3.63, 3.8) is 0 Å². The molecule has 29 heavy (non-hydrogen) atoms. The molecule has 0 bridgehead atoms. The number of ether oxygens (including phenoxy) is 3. The highest BCUT2D eigenvalue weighted by atomic mass is 16.6. The molecule has 1 heterocycles. The molecule has 1 fully saturated rings. The van der Waals surface area contributed by atoms with Crippen molar-refractivity contribution in [2.75, 3.05) is 25.8 Å². The monoisotopic (exact) mass is 399 g/mol. The molecule has 0 spiro atoms. The standard InChI is InChI=1S/C23H29NO5/c1-6-8-17-14-23(28-5)15(3)22(29-21(23)13-19(17)25)16-9-10-18(20(12-16)27-4)24(26)11-7-2/h6,9-10,12-15,22,26H,1,7-8,11H2,2-5H3. The van der Waals surface area contributed by atoms with Gasteiger partial charge in [0.05, 0.1) is 7.11 Å². The summed E-state index contributed by atoms with van der Waals surface area (Å²) in [6, 6.07) is 5.60. The fourth-order valence-corrected chi connectivity index (χ4v) is 4.11. The molecule has 0 aromatic heterocycles. The average Bonchev–Trinajstić information content (AvgIpc) is 3.00. The van der Waals surface area contributed by atoms with Crippen molar-refractivity contribution in [3.8, 4) is 5.75 Å². The third-order valence-electron chi connectivity index (χ3n) is 5.68. The van der Waals surface area contributed by atoms with E-state index in [-0.39, 0.29) is 17.8 Å². The van der Waals surface area contributed by atoms with Crippen LogP contribution in [0.25, 0.3) is 0 Å². The Morgan fingerprint density at radius 3 is 2.76 bits per heavy atom. The summed E-state index contributed by atoms with van der Waals surface area (Å²) in [7, 11) is 3.20. The summed E-state index contributed by atoms with van der Waals surface area (Å²) in [5.41, 5.74) is 1.35. The van der Waals surface area contributed by atoms with Crippen LogP contribution in [0.2, 0.25) is 0 Å². The number of methoxy groups -OCH3 is 2. The summed E-state index contributed by atoms with van der Waals surface area (Å²) >= 11 is 0. The molecular weight excluding hydrogens is 370 g/mol. The second-order valence-electron chi connectivity index (χ2n) is 7.41. The highest BCUT2D eigenvalue weighted by Gasteiger charge is 2.53. The van der Waals surface area contributed by atoms with Gasteiger partial charge in [-0.2, -0.15) is 0 Å². The van der Waals surface area contributed by atoms with Crippen molar-refractivity contribution < 1.29 is 24.2 Å². The number of ketones is 1. The Hall–Kier alpha value is -2.57. The normalized spacial score (nSPS) is 25.6.